The Morgan fingerprint density at radius 3 is 2.56 bits per heavy atom. The van der Waals surface area contributed by atoms with Crippen molar-refractivity contribution in [3.05, 3.63) is 60.1 Å². The summed E-state index contributed by atoms with van der Waals surface area (Å²) in [4.78, 5) is 16.6. The quantitative estimate of drug-likeness (QED) is 0.769. The Labute approximate surface area is 145 Å². The van der Waals surface area contributed by atoms with Crippen LogP contribution in [0, 0.1) is 6.92 Å². The third-order valence-corrected chi connectivity index (χ3v) is 3.68. The minimum absolute atomic E-state index is 0.258. The second-order valence-corrected chi connectivity index (χ2v) is 5.55. The minimum atomic E-state index is -0.390. The van der Waals surface area contributed by atoms with Gasteiger partial charge in [0, 0.05) is 24.9 Å². The maximum atomic E-state index is 12.5. The molecule has 1 N–H and O–H groups in total. The summed E-state index contributed by atoms with van der Waals surface area (Å²) in [6, 6.07) is 8.96. The number of carbonyl (C=O) groups is 1. The van der Waals surface area contributed by atoms with Gasteiger partial charge in [0.25, 0.3) is 5.91 Å². The molecule has 1 aromatic carbocycles. The van der Waals surface area contributed by atoms with Gasteiger partial charge in [-0.25, -0.2) is 0 Å². The first-order valence-electron chi connectivity index (χ1n) is 7.77. The first kappa shape index (κ1) is 16.6. The lowest BCUT2D eigenvalue weighted by Crippen LogP contribution is -2.27. The van der Waals surface area contributed by atoms with E-state index < -0.39 is 6.04 Å². The van der Waals surface area contributed by atoms with E-state index in [1.54, 1.807) is 33.2 Å². The average Bonchev–Trinajstić information content (AvgIpc) is 3.08. The van der Waals surface area contributed by atoms with Crippen molar-refractivity contribution in [3.63, 3.8) is 0 Å². The molecule has 128 valence electrons. The van der Waals surface area contributed by atoms with Crippen LogP contribution in [0.3, 0.4) is 0 Å². The number of carbonyl (C=O) groups excluding carboxylic acids is 1. The lowest BCUT2D eigenvalue weighted by molar-refractivity contribution is 0.0933. The molecule has 0 fully saturated rings. The van der Waals surface area contributed by atoms with Gasteiger partial charge < -0.3 is 14.5 Å². The fourth-order valence-electron chi connectivity index (χ4n) is 2.33. The summed E-state index contributed by atoms with van der Waals surface area (Å²) in [7, 11) is 1.62. The Balaban J connectivity index is 1.77. The van der Waals surface area contributed by atoms with Crippen LogP contribution in [0.2, 0.25) is 0 Å². The zero-order valence-electron chi connectivity index (χ0n) is 14.2. The van der Waals surface area contributed by atoms with Crippen LogP contribution in [0.25, 0.3) is 11.1 Å². The number of pyridine rings is 1. The molecule has 2 heterocycles. The summed E-state index contributed by atoms with van der Waals surface area (Å²) in [5.74, 6) is 1.34. The summed E-state index contributed by atoms with van der Waals surface area (Å²) in [6.07, 6.45) is 3.23. The molecule has 7 heteroatoms. The second kappa shape index (κ2) is 7.12. The molecule has 1 amide bonds. The molecule has 2 aromatic heterocycles. The number of hydrogen-bond acceptors (Lipinski definition) is 6. The van der Waals surface area contributed by atoms with Gasteiger partial charge in [0.2, 0.25) is 11.8 Å². The molecule has 0 aliphatic rings. The lowest BCUT2D eigenvalue weighted by atomic mass is 10.1. The van der Waals surface area contributed by atoms with Crippen LogP contribution in [-0.2, 0) is 0 Å². The van der Waals surface area contributed by atoms with Gasteiger partial charge in [0.1, 0.15) is 11.8 Å². The molecule has 0 radical (unpaired) electrons. The molecule has 0 spiro atoms. The fourth-order valence-corrected chi connectivity index (χ4v) is 2.33. The first-order valence-corrected chi connectivity index (χ1v) is 7.77. The molecule has 0 saturated carbocycles. The van der Waals surface area contributed by atoms with E-state index in [4.69, 9.17) is 9.15 Å². The maximum absolute atomic E-state index is 12.5. The number of aryl methyl sites for hydroxylation is 1. The van der Waals surface area contributed by atoms with Crippen LogP contribution in [0.15, 0.2) is 47.1 Å². The molecule has 0 aliphatic heterocycles. The first-order chi connectivity index (χ1) is 12.1. The molecule has 1 unspecified atom stereocenters. The highest BCUT2D eigenvalue weighted by Gasteiger charge is 2.17. The number of methoxy groups -OCH3 is 1. The molecule has 1 atom stereocenters. The molecular formula is C18H18N4O3. The Bertz CT molecular complexity index is 874. The van der Waals surface area contributed by atoms with Crippen LogP contribution in [-0.4, -0.2) is 28.2 Å². The van der Waals surface area contributed by atoms with Gasteiger partial charge in [-0.3, -0.25) is 9.78 Å². The van der Waals surface area contributed by atoms with Crippen LogP contribution in [0.4, 0.5) is 0 Å². The topological polar surface area (TPSA) is 90.1 Å². The van der Waals surface area contributed by atoms with Crippen molar-refractivity contribution in [1.82, 2.24) is 20.5 Å². The molecule has 3 aromatic rings. The summed E-state index contributed by atoms with van der Waals surface area (Å²) in [5, 5.41) is 10.5. The smallest absolute Gasteiger partial charge is 0.253 e. The molecule has 25 heavy (non-hydrogen) atoms. The van der Waals surface area contributed by atoms with Crippen LogP contribution >= 0.6 is 0 Å². The molecule has 0 aliphatic carbocycles. The largest absolute Gasteiger partial charge is 0.497 e. The number of nitrogens with one attached hydrogen (secondary N) is 1. The maximum Gasteiger partial charge on any atom is 0.253 e. The predicted molar refractivity (Wildman–Crippen MR) is 91.1 cm³/mol. The zero-order valence-corrected chi connectivity index (χ0v) is 14.2. The normalized spacial score (nSPS) is 11.8. The van der Waals surface area contributed by atoms with Gasteiger partial charge >= 0.3 is 0 Å². The molecule has 7 nitrogen and oxygen atoms in total. The van der Waals surface area contributed by atoms with Gasteiger partial charge in [-0.2, -0.15) is 0 Å². The zero-order chi connectivity index (χ0) is 17.8. The third kappa shape index (κ3) is 3.82. The fraction of sp³-hybridized carbons (Fsp3) is 0.222. The standard InChI is InChI=1S/C18H18N4O3/c1-11(18-22-21-12(2)25-18)20-17(23)15-8-14(9-19-10-15)13-4-6-16(24-3)7-5-13/h4-11H,1-3H3,(H,20,23). The Morgan fingerprint density at radius 1 is 1.16 bits per heavy atom. The van der Waals surface area contributed by atoms with Crippen LogP contribution < -0.4 is 10.1 Å². The number of rotatable bonds is 5. The van der Waals surface area contributed by atoms with E-state index in [-0.39, 0.29) is 5.91 Å². The van der Waals surface area contributed by atoms with E-state index in [1.807, 2.05) is 24.3 Å². The van der Waals surface area contributed by atoms with E-state index in [0.29, 0.717) is 17.3 Å². The van der Waals surface area contributed by atoms with E-state index in [0.717, 1.165) is 16.9 Å². The van der Waals surface area contributed by atoms with Crippen molar-refractivity contribution < 1.29 is 13.9 Å². The van der Waals surface area contributed by atoms with E-state index >= 15 is 0 Å². The second-order valence-electron chi connectivity index (χ2n) is 5.55. The van der Waals surface area contributed by atoms with Crippen molar-refractivity contribution in [2.24, 2.45) is 0 Å². The summed E-state index contributed by atoms with van der Waals surface area (Å²) in [5.41, 5.74) is 2.25. The van der Waals surface area contributed by atoms with Gasteiger partial charge in [0.15, 0.2) is 0 Å². The highest BCUT2D eigenvalue weighted by molar-refractivity contribution is 5.95. The number of benzene rings is 1. The van der Waals surface area contributed by atoms with Crippen LogP contribution in [0.5, 0.6) is 5.75 Å². The summed E-state index contributed by atoms with van der Waals surface area (Å²) < 4.78 is 10.5. The van der Waals surface area contributed by atoms with E-state index in [9.17, 15) is 4.79 Å². The average molecular weight is 338 g/mol. The Morgan fingerprint density at radius 2 is 1.92 bits per heavy atom. The molecule has 0 bridgehead atoms. The van der Waals surface area contributed by atoms with Gasteiger partial charge in [0.05, 0.1) is 12.7 Å². The number of aromatic nitrogens is 3. The lowest BCUT2D eigenvalue weighted by Gasteiger charge is -2.10. The monoisotopic (exact) mass is 338 g/mol. The SMILES string of the molecule is COc1ccc(-c2cncc(C(=O)NC(C)c3nnc(C)o3)c2)cc1. The van der Waals surface area contributed by atoms with Crippen molar-refractivity contribution in [2.75, 3.05) is 7.11 Å². The van der Waals surface area contributed by atoms with Gasteiger partial charge in [-0.15, -0.1) is 10.2 Å². The number of hydrogen-bond donors (Lipinski definition) is 1. The minimum Gasteiger partial charge on any atom is -0.497 e. The molecular weight excluding hydrogens is 320 g/mol. The number of ether oxygens (including phenoxy) is 1. The Kier molecular flexibility index (Phi) is 4.74. The van der Waals surface area contributed by atoms with Gasteiger partial charge in [-0.05, 0) is 30.7 Å². The summed E-state index contributed by atoms with van der Waals surface area (Å²) in [6.45, 7) is 3.49. The number of amides is 1. The summed E-state index contributed by atoms with van der Waals surface area (Å²) >= 11 is 0. The van der Waals surface area contributed by atoms with Crippen molar-refractivity contribution in [3.8, 4) is 16.9 Å². The van der Waals surface area contributed by atoms with Crippen LogP contribution in [0.1, 0.15) is 35.1 Å². The highest BCUT2D eigenvalue weighted by Crippen LogP contribution is 2.22. The predicted octanol–water partition coefficient (Wildman–Crippen LogP) is 2.94. The third-order valence-electron chi connectivity index (χ3n) is 3.68. The van der Waals surface area contributed by atoms with E-state index in [2.05, 4.69) is 20.5 Å². The highest BCUT2D eigenvalue weighted by atomic mass is 16.5. The van der Waals surface area contributed by atoms with Crippen molar-refractivity contribution in [2.45, 2.75) is 19.9 Å². The van der Waals surface area contributed by atoms with Gasteiger partial charge in [-0.1, -0.05) is 12.1 Å². The Hall–Kier alpha value is -3.22. The molecule has 3 rings (SSSR count). The molecule has 0 saturated heterocycles. The van der Waals surface area contributed by atoms with E-state index in [1.165, 1.54) is 6.20 Å². The van der Waals surface area contributed by atoms with Crippen molar-refractivity contribution >= 4 is 5.91 Å². The number of nitrogens with zero attached hydrogens (tertiary/aromatic N) is 3. The van der Waals surface area contributed by atoms with Crippen molar-refractivity contribution in [1.29, 1.82) is 0 Å².